The lowest BCUT2D eigenvalue weighted by Gasteiger charge is -2.35. The maximum Gasteiger partial charge on any atom is 0.229 e. The van der Waals surface area contributed by atoms with Crippen molar-refractivity contribution in [1.82, 2.24) is 24.1 Å². The van der Waals surface area contributed by atoms with Crippen LogP contribution in [0.2, 0.25) is 0 Å². The van der Waals surface area contributed by atoms with Crippen molar-refractivity contribution in [3.63, 3.8) is 0 Å². The highest BCUT2D eigenvalue weighted by Crippen LogP contribution is 2.27. The molecule has 10 heteroatoms. The molecule has 0 bridgehead atoms. The van der Waals surface area contributed by atoms with Gasteiger partial charge in [-0.25, -0.2) is 0 Å². The summed E-state index contributed by atoms with van der Waals surface area (Å²) in [5.74, 6) is 1.46. The smallest absolute Gasteiger partial charge is 0.229 e. The molecular formula is C19H18N6O2S2. The van der Waals surface area contributed by atoms with Crippen molar-refractivity contribution in [2.24, 2.45) is 0 Å². The Morgan fingerprint density at radius 2 is 1.72 bits per heavy atom. The first-order valence-corrected chi connectivity index (χ1v) is 11.5. The number of thiophene rings is 1. The summed E-state index contributed by atoms with van der Waals surface area (Å²) < 4.78 is 29.1. The minimum atomic E-state index is -3.41. The number of aromatic nitrogens is 4. The molecule has 0 amide bonds. The molecule has 0 saturated carbocycles. The third kappa shape index (κ3) is 3.33. The van der Waals surface area contributed by atoms with Crippen LogP contribution < -0.4 is 4.90 Å². The Labute approximate surface area is 172 Å². The van der Waals surface area contributed by atoms with E-state index >= 15 is 0 Å². The summed E-state index contributed by atoms with van der Waals surface area (Å²) in [7, 11) is -3.41. The van der Waals surface area contributed by atoms with Gasteiger partial charge < -0.3 is 9.45 Å². The van der Waals surface area contributed by atoms with E-state index in [0.717, 1.165) is 11.4 Å². The van der Waals surface area contributed by atoms with Gasteiger partial charge in [-0.2, -0.15) is 4.52 Å². The van der Waals surface area contributed by atoms with E-state index in [1.54, 1.807) is 26.3 Å². The lowest BCUT2D eigenvalue weighted by atomic mass is 10.2. The summed E-state index contributed by atoms with van der Waals surface area (Å²) in [6.07, 6.45) is 0. The molecule has 8 nitrogen and oxygen atoms in total. The van der Waals surface area contributed by atoms with Gasteiger partial charge in [-0.05, 0) is 23.6 Å². The second-order valence-corrected chi connectivity index (χ2v) is 9.79. The van der Waals surface area contributed by atoms with Gasteiger partial charge in [0.2, 0.25) is 4.21 Å². The monoisotopic (exact) mass is 426 g/mol. The average Bonchev–Trinajstić information content (AvgIpc) is 3.44. The lowest BCUT2D eigenvalue weighted by Crippen LogP contribution is -2.50. The summed E-state index contributed by atoms with van der Waals surface area (Å²) >= 11 is 1.25. The highest BCUT2D eigenvalue weighted by molar-refractivity contribution is 7.97. The van der Waals surface area contributed by atoms with Crippen LogP contribution in [-0.2, 0) is 14.6 Å². The minimum absolute atomic E-state index is 0.391. The van der Waals surface area contributed by atoms with Gasteiger partial charge in [-0.15, -0.1) is 19.6 Å². The van der Waals surface area contributed by atoms with Crippen LogP contribution in [0, 0.1) is 0 Å². The summed E-state index contributed by atoms with van der Waals surface area (Å²) in [5.41, 5.74) is 1.61. The fourth-order valence-corrected chi connectivity index (χ4v) is 5.98. The van der Waals surface area contributed by atoms with Crippen LogP contribution >= 0.6 is 11.3 Å². The second kappa shape index (κ2) is 7.30. The van der Waals surface area contributed by atoms with Crippen molar-refractivity contribution in [1.29, 1.82) is 0 Å². The number of piperazine rings is 1. The zero-order chi connectivity index (χ0) is 19.8. The lowest BCUT2D eigenvalue weighted by molar-refractivity contribution is 0.339. The SMILES string of the molecule is O=[S+]([O-])(c1cccs1)N1CCN(c2ccc3nnc(-c4ccccc4)n3n2)CC1. The Hall–Kier alpha value is -2.66. The van der Waals surface area contributed by atoms with E-state index in [2.05, 4.69) is 15.1 Å². The van der Waals surface area contributed by atoms with Crippen LogP contribution in [-0.4, -0.2) is 54.8 Å². The molecule has 0 radical (unpaired) electrons. The highest BCUT2D eigenvalue weighted by atomic mass is 32.3. The first-order chi connectivity index (χ1) is 14.1. The van der Waals surface area contributed by atoms with E-state index in [1.165, 1.54) is 11.3 Å². The van der Waals surface area contributed by atoms with E-state index in [1.807, 2.05) is 42.5 Å². The first kappa shape index (κ1) is 18.4. The third-order valence-corrected chi connectivity index (χ3v) is 8.20. The summed E-state index contributed by atoms with van der Waals surface area (Å²) in [6, 6.07) is 17.0. The van der Waals surface area contributed by atoms with Gasteiger partial charge in [0.1, 0.15) is 5.82 Å². The molecule has 0 aliphatic carbocycles. The molecule has 1 aliphatic rings. The van der Waals surface area contributed by atoms with Crippen LogP contribution in [0.3, 0.4) is 0 Å². The van der Waals surface area contributed by atoms with Crippen LogP contribution in [0.25, 0.3) is 17.0 Å². The summed E-state index contributed by atoms with van der Waals surface area (Å²) in [6.45, 7) is 2.00. The van der Waals surface area contributed by atoms with Crippen molar-refractivity contribution < 1.29 is 8.76 Å². The van der Waals surface area contributed by atoms with Crippen molar-refractivity contribution in [3.05, 3.63) is 60.0 Å². The summed E-state index contributed by atoms with van der Waals surface area (Å²) in [4.78, 5) is 2.09. The Balaban J connectivity index is 1.38. The average molecular weight is 427 g/mol. The fraction of sp³-hybridized carbons (Fsp3) is 0.211. The van der Waals surface area contributed by atoms with Crippen molar-refractivity contribution >= 4 is 33.2 Å². The van der Waals surface area contributed by atoms with Gasteiger partial charge in [-0.1, -0.05) is 45.9 Å². The van der Waals surface area contributed by atoms with Crippen LogP contribution in [0.1, 0.15) is 0 Å². The zero-order valence-electron chi connectivity index (χ0n) is 15.4. The number of fused-ring (bicyclic) bond motifs is 1. The molecule has 4 aromatic rings. The molecule has 3 aromatic heterocycles. The Bertz CT molecular complexity index is 1170. The van der Waals surface area contributed by atoms with E-state index in [-0.39, 0.29) is 0 Å². The number of nitrogens with zero attached hydrogens (tertiary/aromatic N) is 6. The molecule has 1 aromatic carbocycles. The Morgan fingerprint density at radius 1 is 0.931 bits per heavy atom. The number of rotatable bonds is 4. The standard InChI is InChI=1S/C19H18N6O2S2/c26-29(27,18-7-4-14-28-18)24-12-10-23(11-13-24)17-9-8-16-20-21-19(25(16)22-17)15-5-2-1-3-6-15/h1-9,14H,10-13H2. The third-order valence-electron chi connectivity index (χ3n) is 4.93. The van der Waals surface area contributed by atoms with Crippen LogP contribution in [0.4, 0.5) is 5.82 Å². The largest absolute Gasteiger partial charge is 0.592 e. The number of hydrogen-bond acceptors (Lipinski definition) is 7. The molecule has 1 saturated heterocycles. The van der Waals surface area contributed by atoms with E-state index in [4.69, 9.17) is 5.10 Å². The summed E-state index contributed by atoms with van der Waals surface area (Å²) in [5, 5.41) is 15.0. The van der Waals surface area contributed by atoms with Crippen molar-refractivity contribution in [2.45, 2.75) is 4.21 Å². The number of hydrogen-bond donors (Lipinski definition) is 0. The number of sulfonamides is 1. The quantitative estimate of drug-likeness (QED) is 0.466. The predicted octanol–water partition coefficient (Wildman–Crippen LogP) is 2.58. The Morgan fingerprint density at radius 3 is 2.45 bits per heavy atom. The number of benzene rings is 1. The van der Waals surface area contributed by atoms with Gasteiger partial charge >= 0.3 is 0 Å². The molecule has 148 valence electrons. The van der Waals surface area contributed by atoms with Gasteiger partial charge in [0, 0.05) is 24.7 Å². The zero-order valence-corrected chi connectivity index (χ0v) is 17.1. The highest BCUT2D eigenvalue weighted by Gasteiger charge is 2.34. The van der Waals surface area contributed by atoms with E-state index in [9.17, 15) is 8.76 Å². The van der Waals surface area contributed by atoms with Crippen LogP contribution in [0.5, 0.6) is 0 Å². The van der Waals surface area contributed by atoms with E-state index < -0.39 is 10.4 Å². The second-order valence-electron chi connectivity index (χ2n) is 6.67. The molecule has 0 spiro atoms. The number of anilines is 1. The molecule has 1 fully saturated rings. The van der Waals surface area contributed by atoms with Gasteiger partial charge in [0.25, 0.3) is 0 Å². The molecule has 0 N–H and O–H groups in total. The fourth-order valence-electron chi connectivity index (χ4n) is 3.41. The molecule has 1 aliphatic heterocycles. The maximum absolute atomic E-state index is 12.7. The maximum atomic E-state index is 12.7. The minimum Gasteiger partial charge on any atom is -0.592 e. The normalized spacial score (nSPS) is 17.5. The van der Waals surface area contributed by atoms with Crippen LogP contribution in [0.15, 0.2) is 64.2 Å². The molecule has 4 heterocycles. The molecule has 5 rings (SSSR count). The molecule has 1 atom stereocenters. The van der Waals surface area contributed by atoms with Gasteiger partial charge in [-0.3, -0.25) is 0 Å². The molecule has 1 unspecified atom stereocenters. The first-order valence-electron chi connectivity index (χ1n) is 9.19. The molecule has 29 heavy (non-hydrogen) atoms. The van der Waals surface area contributed by atoms with Crippen molar-refractivity contribution in [2.75, 3.05) is 31.1 Å². The molecular weight excluding hydrogens is 408 g/mol. The topological polar surface area (TPSA) is 89.7 Å². The van der Waals surface area contributed by atoms with Crippen molar-refractivity contribution in [3.8, 4) is 11.4 Å². The van der Waals surface area contributed by atoms with Gasteiger partial charge in [0.15, 0.2) is 21.9 Å². The predicted molar refractivity (Wildman–Crippen MR) is 111 cm³/mol. The Kier molecular flexibility index (Phi) is 4.63. The van der Waals surface area contributed by atoms with Gasteiger partial charge in [0.05, 0.1) is 13.1 Å². The van der Waals surface area contributed by atoms with E-state index in [0.29, 0.717) is 41.9 Å².